The number of hydrogen-bond acceptors (Lipinski definition) is 7. The summed E-state index contributed by atoms with van der Waals surface area (Å²) in [6, 6.07) is 18.0. The van der Waals surface area contributed by atoms with Gasteiger partial charge in [-0.3, -0.25) is 14.9 Å². The van der Waals surface area contributed by atoms with E-state index in [0.29, 0.717) is 32.3 Å². The normalized spacial score (nSPS) is 10.6. The standard InChI is InChI=1S/C22H16ClN5O4S/c1-27-13-24-26-22(27)33-20-11-10-14(12-17(20)28(30)31)21(29)25-16-7-3-5-9-19(16)32-18-8-4-2-6-15(18)23/h2-13H,1H3,(H,25,29). The fraction of sp³-hybridized carbons (Fsp3) is 0.0455. The second-order valence-electron chi connectivity index (χ2n) is 6.75. The zero-order chi connectivity index (χ0) is 23.4. The summed E-state index contributed by atoms with van der Waals surface area (Å²) in [6.07, 6.45) is 1.50. The van der Waals surface area contributed by atoms with Crippen LogP contribution in [0.25, 0.3) is 0 Å². The maximum absolute atomic E-state index is 12.9. The van der Waals surface area contributed by atoms with Gasteiger partial charge in [-0.2, -0.15) is 0 Å². The number of hydrogen-bond donors (Lipinski definition) is 1. The van der Waals surface area contributed by atoms with E-state index in [4.69, 9.17) is 16.3 Å². The van der Waals surface area contributed by atoms with Crippen molar-refractivity contribution in [1.29, 1.82) is 0 Å². The summed E-state index contributed by atoms with van der Waals surface area (Å²) < 4.78 is 7.50. The van der Waals surface area contributed by atoms with Gasteiger partial charge in [0.25, 0.3) is 11.6 Å². The molecule has 1 heterocycles. The van der Waals surface area contributed by atoms with Crippen molar-refractivity contribution in [2.75, 3.05) is 5.32 Å². The van der Waals surface area contributed by atoms with E-state index in [1.165, 1.54) is 24.5 Å². The molecule has 0 fully saturated rings. The van der Waals surface area contributed by atoms with E-state index in [1.54, 1.807) is 60.1 Å². The number of ether oxygens (including phenoxy) is 1. The number of nitrogens with zero attached hydrogens (tertiary/aromatic N) is 4. The van der Waals surface area contributed by atoms with Crippen LogP contribution >= 0.6 is 23.4 Å². The van der Waals surface area contributed by atoms with Crippen LogP contribution in [0, 0.1) is 10.1 Å². The van der Waals surface area contributed by atoms with E-state index in [9.17, 15) is 14.9 Å². The van der Waals surface area contributed by atoms with Crippen LogP contribution in [-0.2, 0) is 7.05 Å². The van der Waals surface area contributed by atoms with Gasteiger partial charge in [0.2, 0.25) is 0 Å². The van der Waals surface area contributed by atoms with Crippen LogP contribution in [0.2, 0.25) is 5.02 Å². The molecule has 0 spiro atoms. The van der Waals surface area contributed by atoms with Crippen LogP contribution in [-0.4, -0.2) is 25.6 Å². The number of nitrogens with one attached hydrogen (secondary N) is 1. The van der Waals surface area contributed by atoms with E-state index < -0.39 is 10.8 Å². The van der Waals surface area contributed by atoms with Crippen molar-refractivity contribution in [3.63, 3.8) is 0 Å². The third-order valence-electron chi connectivity index (χ3n) is 4.48. The second kappa shape index (κ2) is 9.72. The smallest absolute Gasteiger partial charge is 0.284 e. The number of rotatable bonds is 7. The lowest BCUT2D eigenvalue weighted by molar-refractivity contribution is -0.387. The molecule has 1 amide bonds. The highest BCUT2D eigenvalue weighted by molar-refractivity contribution is 7.99. The maximum Gasteiger partial charge on any atom is 0.284 e. The first-order chi connectivity index (χ1) is 15.9. The first kappa shape index (κ1) is 22.3. The summed E-state index contributed by atoms with van der Waals surface area (Å²) in [6.45, 7) is 0. The van der Waals surface area contributed by atoms with Crippen molar-refractivity contribution in [3.8, 4) is 11.5 Å². The Balaban J connectivity index is 1.58. The Labute approximate surface area is 197 Å². The van der Waals surface area contributed by atoms with Gasteiger partial charge in [-0.15, -0.1) is 10.2 Å². The maximum atomic E-state index is 12.9. The fourth-order valence-corrected chi connectivity index (χ4v) is 3.87. The van der Waals surface area contributed by atoms with E-state index in [1.807, 2.05) is 0 Å². The molecule has 3 aromatic carbocycles. The molecule has 0 aliphatic carbocycles. The topological polar surface area (TPSA) is 112 Å². The lowest BCUT2D eigenvalue weighted by Gasteiger charge is -2.13. The summed E-state index contributed by atoms with van der Waals surface area (Å²) in [4.78, 5) is 24.3. The third-order valence-corrected chi connectivity index (χ3v) is 5.91. The Morgan fingerprint density at radius 1 is 1.12 bits per heavy atom. The molecule has 1 N–H and O–H groups in total. The molecule has 0 radical (unpaired) electrons. The molecular weight excluding hydrogens is 466 g/mol. The van der Waals surface area contributed by atoms with Crippen LogP contribution in [0.5, 0.6) is 11.5 Å². The number of para-hydroxylation sites is 3. The van der Waals surface area contributed by atoms with Crippen molar-refractivity contribution in [2.24, 2.45) is 7.05 Å². The molecule has 0 unspecified atom stereocenters. The minimum absolute atomic E-state index is 0.122. The molecule has 4 aromatic rings. The van der Waals surface area contributed by atoms with Gasteiger partial charge in [0.05, 0.1) is 20.5 Å². The van der Waals surface area contributed by atoms with Gasteiger partial charge < -0.3 is 14.6 Å². The molecule has 0 bridgehead atoms. The Hall–Kier alpha value is -3.89. The molecule has 0 atom stereocenters. The summed E-state index contributed by atoms with van der Waals surface area (Å²) in [5, 5.41) is 23.0. The van der Waals surface area contributed by atoms with E-state index >= 15 is 0 Å². The van der Waals surface area contributed by atoms with Gasteiger partial charge in [-0.1, -0.05) is 35.9 Å². The van der Waals surface area contributed by atoms with Crippen molar-refractivity contribution in [1.82, 2.24) is 14.8 Å². The zero-order valence-corrected chi connectivity index (χ0v) is 18.7. The molecule has 0 aliphatic heterocycles. The summed E-state index contributed by atoms with van der Waals surface area (Å²) in [5.41, 5.74) is 0.301. The molecule has 166 valence electrons. The molecule has 9 nitrogen and oxygen atoms in total. The number of aryl methyl sites for hydroxylation is 1. The van der Waals surface area contributed by atoms with Crippen molar-refractivity contribution in [2.45, 2.75) is 10.1 Å². The summed E-state index contributed by atoms with van der Waals surface area (Å²) in [7, 11) is 1.73. The first-order valence-electron chi connectivity index (χ1n) is 9.55. The number of nitro benzene ring substituents is 1. The quantitative estimate of drug-likeness (QED) is 0.271. The average Bonchev–Trinajstić information content (AvgIpc) is 3.21. The van der Waals surface area contributed by atoms with Gasteiger partial charge in [-0.25, -0.2) is 0 Å². The van der Waals surface area contributed by atoms with Crippen molar-refractivity contribution < 1.29 is 14.5 Å². The highest BCUT2D eigenvalue weighted by atomic mass is 35.5. The van der Waals surface area contributed by atoms with E-state index in [0.717, 1.165) is 11.8 Å². The largest absolute Gasteiger partial charge is 0.454 e. The minimum atomic E-state index is -0.538. The molecular formula is C22H16ClN5O4S. The van der Waals surface area contributed by atoms with Crippen LogP contribution in [0.3, 0.4) is 0 Å². The number of benzene rings is 3. The summed E-state index contributed by atoms with van der Waals surface area (Å²) >= 11 is 7.25. The molecule has 0 saturated carbocycles. The van der Waals surface area contributed by atoms with Crippen LogP contribution in [0.1, 0.15) is 10.4 Å². The van der Waals surface area contributed by atoms with Gasteiger partial charge in [0.15, 0.2) is 10.9 Å². The Morgan fingerprint density at radius 3 is 2.55 bits per heavy atom. The molecule has 11 heteroatoms. The number of carbonyl (C=O) groups excluding carboxylic acids is 1. The van der Waals surface area contributed by atoms with Crippen molar-refractivity contribution in [3.05, 3.63) is 93.8 Å². The fourth-order valence-electron chi connectivity index (χ4n) is 2.85. The number of aromatic nitrogens is 3. The lowest BCUT2D eigenvalue weighted by Crippen LogP contribution is -2.13. The Kier molecular flexibility index (Phi) is 6.57. The second-order valence-corrected chi connectivity index (χ2v) is 8.17. The zero-order valence-electron chi connectivity index (χ0n) is 17.1. The number of amides is 1. The average molecular weight is 482 g/mol. The molecule has 4 rings (SSSR count). The van der Waals surface area contributed by atoms with Gasteiger partial charge >= 0.3 is 0 Å². The van der Waals surface area contributed by atoms with Gasteiger partial charge in [-0.05, 0) is 48.2 Å². The highest BCUT2D eigenvalue weighted by Gasteiger charge is 2.21. The van der Waals surface area contributed by atoms with E-state index in [2.05, 4.69) is 15.5 Å². The SMILES string of the molecule is Cn1cnnc1Sc1ccc(C(=O)Nc2ccccc2Oc2ccccc2Cl)cc1[N+](=O)[O-]. The Bertz CT molecular complexity index is 1340. The predicted molar refractivity (Wildman–Crippen MR) is 124 cm³/mol. The van der Waals surface area contributed by atoms with Crippen LogP contribution < -0.4 is 10.1 Å². The van der Waals surface area contributed by atoms with Crippen LogP contribution in [0.15, 0.2) is 83.1 Å². The monoisotopic (exact) mass is 481 g/mol. The molecule has 0 saturated heterocycles. The minimum Gasteiger partial charge on any atom is -0.454 e. The van der Waals surface area contributed by atoms with E-state index in [-0.39, 0.29) is 11.3 Å². The number of anilines is 1. The Morgan fingerprint density at radius 2 is 1.85 bits per heavy atom. The highest BCUT2D eigenvalue weighted by Crippen LogP contribution is 2.36. The molecule has 33 heavy (non-hydrogen) atoms. The number of halogens is 1. The molecule has 0 aliphatic rings. The number of carbonyl (C=O) groups is 1. The van der Waals surface area contributed by atoms with Gasteiger partial charge in [0.1, 0.15) is 12.1 Å². The van der Waals surface area contributed by atoms with Crippen molar-refractivity contribution >= 4 is 40.6 Å². The van der Waals surface area contributed by atoms with Gasteiger partial charge in [0, 0.05) is 18.7 Å². The first-order valence-corrected chi connectivity index (χ1v) is 10.7. The lowest BCUT2D eigenvalue weighted by atomic mass is 10.2. The molecule has 1 aromatic heterocycles. The van der Waals surface area contributed by atoms with Crippen LogP contribution in [0.4, 0.5) is 11.4 Å². The predicted octanol–water partition coefficient (Wildman–Crippen LogP) is 5.57. The number of nitro groups is 1. The summed E-state index contributed by atoms with van der Waals surface area (Å²) in [5.74, 6) is 0.285. The third kappa shape index (κ3) is 5.13.